The summed E-state index contributed by atoms with van der Waals surface area (Å²) in [6, 6.07) is 3.75. The molecule has 2 rings (SSSR count). The molecule has 2 atom stereocenters. The number of rotatable bonds is 2. The Labute approximate surface area is 115 Å². The summed E-state index contributed by atoms with van der Waals surface area (Å²) in [5.74, 6) is -1.71. The van der Waals surface area contributed by atoms with Gasteiger partial charge in [-0.1, -0.05) is 0 Å². The van der Waals surface area contributed by atoms with Gasteiger partial charge in [0.1, 0.15) is 17.8 Å². The normalized spacial score (nSPS) is 21.6. The molecular formula is C13H13N3O4. The summed E-state index contributed by atoms with van der Waals surface area (Å²) in [5.41, 5.74) is 0.838. The number of carboxylic acids is 1. The van der Waals surface area contributed by atoms with Crippen LogP contribution in [0.3, 0.4) is 0 Å². The van der Waals surface area contributed by atoms with E-state index in [1.165, 1.54) is 12.1 Å². The third-order valence-electron chi connectivity index (χ3n) is 3.25. The summed E-state index contributed by atoms with van der Waals surface area (Å²) in [4.78, 5) is 28.5. The van der Waals surface area contributed by atoms with Crippen molar-refractivity contribution in [1.29, 1.82) is 5.26 Å². The van der Waals surface area contributed by atoms with E-state index in [4.69, 9.17) is 10.4 Å². The molecule has 1 aliphatic rings. The lowest BCUT2D eigenvalue weighted by atomic mass is 10.2. The number of aryl methyl sites for hydroxylation is 1. The molecule has 1 aromatic rings. The van der Waals surface area contributed by atoms with Crippen LogP contribution in [-0.2, 0) is 4.79 Å². The second kappa shape index (κ2) is 5.27. The molecule has 0 aliphatic carbocycles. The molecule has 7 nitrogen and oxygen atoms in total. The second-order valence-corrected chi connectivity index (χ2v) is 4.64. The maximum atomic E-state index is 12.3. The van der Waals surface area contributed by atoms with Gasteiger partial charge in [0.15, 0.2) is 0 Å². The zero-order chi connectivity index (χ0) is 14.9. The summed E-state index contributed by atoms with van der Waals surface area (Å²) >= 11 is 0. The number of β-amino-alcohol motifs (C(OH)–C–C–N with tert-alkyl or cyclic N) is 1. The van der Waals surface area contributed by atoms with Crippen LogP contribution in [0.1, 0.15) is 28.2 Å². The maximum Gasteiger partial charge on any atom is 0.326 e. The molecule has 0 aromatic carbocycles. The van der Waals surface area contributed by atoms with Crippen LogP contribution in [0.15, 0.2) is 12.1 Å². The Bertz CT molecular complexity index is 608. The Hall–Kier alpha value is -2.46. The lowest BCUT2D eigenvalue weighted by molar-refractivity contribution is -0.141. The minimum Gasteiger partial charge on any atom is -0.480 e. The number of nitriles is 1. The average molecular weight is 275 g/mol. The fraction of sp³-hybridized carbons (Fsp3) is 0.385. The number of amides is 1. The predicted molar refractivity (Wildman–Crippen MR) is 66.8 cm³/mol. The van der Waals surface area contributed by atoms with Crippen molar-refractivity contribution in [3.63, 3.8) is 0 Å². The van der Waals surface area contributed by atoms with Crippen LogP contribution in [0, 0.1) is 18.3 Å². The number of carboxylic acid groups (broad SMARTS) is 1. The predicted octanol–water partition coefficient (Wildman–Crippen LogP) is -0.0783. The second-order valence-electron chi connectivity index (χ2n) is 4.64. The standard InChI is InChI=1S/C13H13N3O4/c1-7-8(5-14)2-3-10(15-7)12(18)16-6-9(17)4-11(16)13(19)20/h2-3,9,11,17H,4,6H2,1H3,(H,19,20)/t9-,11-/m1/s1. The van der Waals surface area contributed by atoms with Gasteiger partial charge in [-0.05, 0) is 19.1 Å². The number of carbonyl (C=O) groups excluding carboxylic acids is 1. The molecule has 1 fully saturated rings. The minimum atomic E-state index is -1.15. The summed E-state index contributed by atoms with van der Waals surface area (Å²) < 4.78 is 0. The van der Waals surface area contributed by atoms with Gasteiger partial charge < -0.3 is 15.1 Å². The Kier molecular flexibility index (Phi) is 3.68. The van der Waals surface area contributed by atoms with E-state index in [2.05, 4.69) is 4.98 Å². The van der Waals surface area contributed by atoms with Crippen molar-refractivity contribution in [1.82, 2.24) is 9.88 Å². The first-order valence-electron chi connectivity index (χ1n) is 6.03. The molecule has 0 saturated carbocycles. The first-order valence-corrected chi connectivity index (χ1v) is 6.03. The van der Waals surface area contributed by atoms with Crippen molar-refractivity contribution in [2.24, 2.45) is 0 Å². The van der Waals surface area contributed by atoms with Crippen molar-refractivity contribution in [3.05, 3.63) is 29.1 Å². The molecule has 0 unspecified atom stereocenters. The van der Waals surface area contributed by atoms with E-state index in [0.29, 0.717) is 11.3 Å². The first-order chi connectivity index (χ1) is 9.43. The number of aliphatic hydroxyl groups is 1. The molecule has 0 bridgehead atoms. The largest absolute Gasteiger partial charge is 0.480 e. The molecule has 1 saturated heterocycles. The summed E-state index contributed by atoms with van der Waals surface area (Å²) in [7, 11) is 0. The average Bonchev–Trinajstić information content (AvgIpc) is 2.80. The summed E-state index contributed by atoms with van der Waals surface area (Å²) in [6.07, 6.45) is -0.837. The number of likely N-dealkylation sites (tertiary alicyclic amines) is 1. The summed E-state index contributed by atoms with van der Waals surface area (Å²) in [5, 5.41) is 27.4. The number of hydrogen-bond donors (Lipinski definition) is 2. The number of carbonyl (C=O) groups is 2. The Morgan fingerprint density at radius 2 is 2.20 bits per heavy atom. The van der Waals surface area contributed by atoms with E-state index in [1.807, 2.05) is 6.07 Å². The monoisotopic (exact) mass is 275 g/mol. The lowest BCUT2D eigenvalue weighted by Crippen LogP contribution is -2.41. The number of aliphatic carboxylic acids is 1. The first kappa shape index (κ1) is 14.0. The summed E-state index contributed by atoms with van der Waals surface area (Å²) in [6.45, 7) is 1.57. The minimum absolute atomic E-state index is 0.0103. The van der Waals surface area contributed by atoms with Gasteiger partial charge >= 0.3 is 5.97 Å². The highest BCUT2D eigenvalue weighted by Gasteiger charge is 2.39. The number of pyridine rings is 1. The molecule has 20 heavy (non-hydrogen) atoms. The highest BCUT2D eigenvalue weighted by atomic mass is 16.4. The fourth-order valence-electron chi connectivity index (χ4n) is 2.22. The molecule has 2 N–H and O–H groups in total. The molecule has 7 heteroatoms. The molecule has 0 radical (unpaired) electrons. The van der Waals surface area contributed by atoms with Crippen LogP contribution in [0.4, 0.5) is 0 Å². The fourth-order valence-corrected chi connectivity index (χ4v) is 2.22. The molecule has 2 heterocycles. The van der Waals surface area contributed by atoms with Gasteiger partial charge in [0.25, 0.3) is 5.91 Å². The zero-order valence-electron chi connectivity index (χ0n) is 10.8. The van der Waals surface area contributed by atoms with Crippen LogP contribution < -0.4 is 0 Å². The zero-order valence-corrected chi connectivity index (χ0v) is 10.8. The quantitative estimate of drug-likeness (QED) is 0.780. The van der Waals surface area contributed by atoms with E-state index in [-0.39, 0.29) is 18.7 Å². The molecular weight excluding hydrogens is 262 g/mol. The van der Waals surface area contributed by atoms with E-state index >= 15 is 0 Å². The van der Waals surface area contributed by atoms with Crippen molar-refractivity contribution in [2.75, 3.05) is 6.54 Å². The Balaban J connectivity index is 2.29. The van der Waals surface area contributed by atoms with Gasteiger partial charge in [-0.2, -0.15) is 5.26 Å². The molecule has 1 amide bonds. The lowest BCUT2D eigenvalue weighted by Gasteiger charge is -2.20. The van der Waals surface area contributed by atoms with Crippen molar-refractivity contribution < 1.29 is 19.8 Å². The van der Waals surface area contributed by atoms with Crippen LogP contribution in [0.25, 0.3) is 0 Å². The van der Waals surface area contributed by atoms with Gasteiger partial charge in [-0.25, -0.2) is 9.78 Å². The van der Waals surface area contributed by atoms with Crippen molar-refractivity contribution in [2.45, 2.75) is 25.5 Å². The van der Waals surface area contributed by atoms with E-state index in [0.717, 1.165) is 4.90 Å². The molecule has 1 aromatic heterocycles. The number of nitrogens with zero attached hydrogens (tertiary/aromatic N) is 3. The van der Waals surface area contributed by atoms with Gasteiger partial charge in [0, 0.05) is 13.0 Å². The molecule has 1 aliphatic heterocycles. The van der Waals surface area contributed by atoms with Crippen LogP contribution in [0.2, 0.25) is 0 Å². The van der Waals surface area contributed by atoms with Crippen LogP contribution in [0.5, 0.6) is 0 Å². The number of aliphatic hydroxyl groups excluding tert-OH is 1. The molecule has 104 valence electrons. The maximum absolute atomic E-state index is 12.3. The SMILES string of the molecule is Cc1nc(C(=O)N2C[C@H](O)C[C@@H]2C(=O)O)ccc1C#N. The smallest absolute Gasteiger partial charge is 0.326 e. The highest BCUT2D eigenvalue weighted by molar-refractivity contribution is 5.95. The number of aromatic nitrogens is 1. The van der Waals surface area contributed by atoms with Crippen molar-refractivity contribution in [3.8, 4) is 6.07 Å². The van der Waals surface area contributed by atoms with Crippen LogP contribution in [-0.4, -0.2) is 50.7 Å². The van der Waals surface area contributed by atoms with E-state index in [9.17, 15) is 14.7 Å². The van der Waals surface area contributed by atoms with Gasteiger partial charge in [0.05, 0.1) is 17.4 Å². The third-order valence-corrected chi connectivity index (χ3v) is 3.25. The highest BCUT2D eigenvalue weighted by Crippen LogP contribution is 2.20. The molecule has 0 spiro atoms. The Morgan fingerprint density at radius 3 is 2.75 bits per heavy atom. The van der Waals surface area contributed by atoms with E-state index < -0.39 is 24.0 Å². The van der Waals surface area contributed by atoms with Gasteiger partial charge in [-0.15, -0.1) is 0 Å². The van der Waals surface area contributed by atoms with Gasteiger partial charge in [-0.3, -0.25) is 4.79 Å². The Morgan fingerprint density at radius 1 is 1.50 bits per heavy atom. The van der Waals surface area contributed by atoms with E-state index in [1.54, 1.807) is 6.92 Å². The topological polar surface area (TPSA) is 115 Å². The van der Waals surface area contributed by atoms with Crippen LogP contribution >= 0.6 is 0 Å². The van der Waals surface area contributed by atoms with Crippen molar-refractivity contribution >= 4 is 11.9 Å². The number of hydrogen-bond acceptors (Lipinski definition) is 5. The third kappa shape index (κ3) is 2.46. The van der Waals surface area contributed by atoms with Gasteiger partial charge in [0.2, 0.25) is 0 Å².